The number of hydrogen-bond acceptors (Lipinski definition) is 3. The lowest BCUT2D eigenvalue weighted by Gasteiger charge is -2.37. The van der Waals surface area contributed by atoms with Gasteiger partial charge in [-0.1, -0.05) is 15.9 Å². The molecule has 4 nitrogen and oxygen atoms in total. The summed E-state index contributed by atoms with van der Waals surface area (Å²) in [7, 11) is 1.63. The molecule has 5 heteroatoms. The molecule has 100 valence electrons. The normalized spacial score (nSPS) is 15.6. The van der Waals surface area contributed by atoms with Crippen LogP contribution in [0.15, 0.2) is 0 Å². The molecule has 1 fully saturated rings. The Kier molecular flexibility index (Phi) is 7.81. The van der Waals surface area contributed by atoms with Crippen molar-refractivity contribution in [3.63, 3.8) is 0 Å². The predicted octanol–water partition coefficient (Wildman–Crippen LogP) is 1.82. The third-order valence-corrected chi connectivity index (χ3v) is 3.59. The third kappa shape index (κ3) is 5.36. The quantitative estimate of drug-likeness (QED) is 0.482. The Balaban J connectivity index is 2.26. The molecule has 0 heterocycles. The van der Waals surface area contributed by atoms with Crippen molar-refractivity contribution in [3.8, 4) is 0 Å². The first-order valence-corrected chi connectivity index (χ1v) is 7.34. The number of rotatable bonds is 9. The summed E-state index contributed by atoms with van der Waals surface area (Å²) in [4.78, 5) is 14.0. The highest BCUT2D eigenvalue weighted by Crippen LogP contribution is 2.25. The lowest BCUT2D eigenvalue weighted by Crippen LogP contribution is -2.46. The molecule has 0 aromatic rings. The van der Waals surface area contributed by atoms with Crippen molar-refractivity contribution in [1.82, 2.24) is 4.90 Å². The summed E-state index contributed by atoms with van der Waals surface area (Å²) in [6.45, 7) is 2.04. The monoisotopic (exact) mass is 307 g/mol. The number of nitrogens with zero attached hydrogens (tertiary/aromatic N) is 1. The Morgan fingerprint density at radius 3 is 2.71 bits per heavy atom. The molecular formula is C12H22BrNO3. The highest BCUT2D eigenvalue weighted by Gasteiger charge is 2.27. The van der Waals surface area contributed by atoms with Crippen LogP contribution in [0.25, 0.3) is 0 Å². The van der Waals surface area contributed by atoms with Crippen LogP contribution in [0.1, 0.15) is 25.7 Å². The Labute approximate surface area is 112 Å². The van der Waals surface area contributed by atoms with Crippen LogP contribution < -0.4 is 0 Å². The van der Waals surface area contributed by atoms with Gasteiger partial charge in [-0.05, 0) is 25.7 Å². The van der Waals surface area contributed by atoms with E-state index in [0.717, 1.165) is 31.1 Å². The molecule has 0 aromatic heterocycles. The highest BCUT2D eigenvalue weighted by atomic mass is 79.9. The fourth-order valence-electron chi connectivity index (χ4n) is 1.82. The van der Waals surface area contributed by atoms with Crippen LogP contribution in [0, 0.1) is 0 Å². The van der Waals surface area contributed by atoms with Gasteiger partial charge >= 0.3 is 0 Å². The summed E-state index contributed by atoms with van der Waals surface area (Å²) in [5.41, 5.74) is 0. The van der Waals surface area contributed by atoms with Gasteiger partial charge in [-0.3, -0.25) is 4.79 Å². The van der Waals surface area contributed by atoms with Crippen molar-refractivity contribution in [1.29, 1.82) is 0 Å². The summed E-state index contributed by atoms with van der Waals surface area (Å²) in [5.74, 6) is 0.117. The van der Waals surface area contributed by atoms with E-state index in [-0.39, 0.29) is 12.5 Å². The maximum Gasteiger partial charge on any atom is 0.248 e. The van der Waals surface area contributed by atoms with Crippen LogP contribution in [-0.4, -0.2) is 55.7 Å². The molecule has 0 N–H and O–H groups in total. The Morgan fingerprint density at radius 1 is 1.41 bits per heavy atom. The van der Waals surface area contributed by atoms with Crippen molar-refractivity contribution in [2.24, 2.45) is 0 Å². The molecule has 0 aromatic carbocycles. The van der Waals surface area contributed by atoms with Gasteiger partial charge in [0.15, 0.2) is 0 Å². The van der Waals surface area contributed by atoms with Crippen LogP contribution in [0.4, 0.5) is 0 Å². The average Bonchev–Trinajstić information content (AvgIpc) is 2.27. The van der Waals surface area contributed by atoms with Crippen LogP contribution in [-0.2, 0) is 14.3 Å². The number of methoxy groups -OCH3 is 1. The molecule has 17 heavy (non-hydrogen) atoms. The maximum atomic E-state index is 12.0. The lowest BCUT2D eigenvalue weighted by molar-refractivity contribution is -0.140. The van der Waals surface area contributed by atoms with Crippen LogP contribution >= 0.6 is 15.9 Å². The smallest absolute Gasteiger partial charge is 0.248 e. The molecule has 0 aliphatic heterocycles. The number of amides is 1. The molecular weight excluding hydrogens is 286 g/mol. The van der Waals surface area contributed by atoms with E-state index in [2.05, 4.69) is 15.9 Å². The summed E-state index contributed by atoms with van der Waals surface area (Å²) >= 11 is 3.40. The summed E-state index contributed by atoms with van der Waals surface area (Å²) in [6, 6.07) is 0.451. The predicted molar refractivity (Wildman–Crippen MR) is 70.5 cm³/mol. The summed E-state index contributed by atoms with van der Waals surface area (Å²) < 4.78 is 10.2. The molecule has 0 atom stereocenters. The fraction of sp³-hybridized carbons (Fsp3) is 0.917. The van der Waals surface area contributed by atoms with Crippen molar-refractivity contribution in [2.45, 2.75) is 31.7 Å². The maximum absolute atomic E-state index is 12.0. The topological polar surface area (TPSA) is 38.8 Å². The van der Waals surface area contributed by atoms with Crippen molar-refractivity contribution in [2.75, 3.05) is 38.8 Å². The van der Waals surface area contributed by atoms with E-state index in [1.54, 1.807) is 7.11 Å². The SMILES string of the molecule is COCCOCC(=O)N(CCCBr)C1CCC1. The molecule has 1 amide bonds. The largest absolute Gasteiger partial charge is 0.382 e. The zero-order valence-corrected chi connectivity index (χ0v) is 12.1. The van der Waals surface area contributed by atoms with Crippen molar-refractivity contribution < 1.29 is 14.3 Å². The van der Waals surface area contributed by atoms with Gasteiger partial charge in [-0.25, -0.2) is 0 Å². The molecule has 0 saturated heterocycles. The second kappa shape index (κ2) is 8.89. The fourth-order valence-corrected chi connectivity index (χ4v) is 2.07. The molecule has 0 bridgehead atoms. The van der Waals surface area contributed by atoms with E-state index in [0.29, 0.717) is 19.3 Å². The van der Waals surface area contributed by atoms with Crippen LogP contribution in [0.3, 0.4) is 0 Å². The number of halogens is 1. The van der Waals surface area contributed by atoms with Gasteiger partial charge in [0.2, 0.25) is 5.91 Å². The van der Waals surface area contributed by atoms with Gasteiger partial charge in [-0.15, -0.1) is 0 Å². The minimum Gasteiger partial charge on any atom is -0.382 e. The average molecular weight is 308 g/mol. The molecule has 0 unspecified atom stereocenters. The number of ether oxygens (including phenoxy) is 2. The van der Waals surface area contributed by atoms with Crippen molar-refractivity contribution in [3.05, 3.63) is 0 Å². The van der Waals surface area contributed by atoms with Crippen LogP contribution in [0.2, 0.25) is 0 Å². The number of carbonyl (C=O) groups excluding carboxylic acids is 1. The number of carbonyl (C=O) groups is 1. The first-order valence-electron chi connectivity index (χ1n) is 6.21. The molecule has 1 rings (SSSR count). The zero-order chi connectivity index (χ0) is 12.5. The van der Waals surface area contributed by atoms with E-state index in [9.17, 15) is 4.79 Å². The highest BCUT2D eigenvalue weighted by molar-refractivity contribution is 9.09. The van der Waals surface area contributed by atoms with E-state index < -0.39 is 0 Å². The number of hydrogen-bond donors (Lipinski definition) is 0. The van der Waals surface area contributed by atoms with Gasteiger partial charge in [-0.2, -0.15) is 0 Å². The zero-order valence-electron chi connectivity index (χ0n) is 10.5. The van der Waals surface area contributed by atoms with Crippen molar-refractivity contribution >= 4 is 21.8 Å². The van der Waals surface area contributed by atoms with Gasteiger partial charge in [0.1, 0.15) is 6.61 Å². The molecule has 1 saturated carbocycles. The third-order valence-electron chi connectivity index (χ3n) is 3.03. The minimum absolute atomic E-state index is 0.117. The Hall–Kier alpha value is -0.130. The Bertz CT molecular complexity index is 222. The first kappa shape index (κ1) is 14.9. The standard InChI is InChI=1S/C12H22BrNO3/c1-16-8-9-17-10-12(15)14(7-3-6-13)11-4-2-5-11/h11H,2-10H2,1H3. The van der Waals surface area contributed by atoms with E-state index in [4.69, 9.17) is 9.47 Å². The molecule has 1 aliphatic carbocycles. The van der Waals surface area contributed by atoms with E-state index in [1.807, 2.05) is 4.90 Å². The Morgan fingerprint density at radius 2 is 2.18 bits per heavy atom. The first-order chi connectivity index (χ1) is 8.29. The van der Waals surface area contributed by atoms with Gasteiger partial charge in [0.25, 0.3) is 0 Å². The van der Waals surface area contributed by atoms with E-state index in [1.165, 1.54) is 6.42 Å². The van der Waals surface area contributed by atoms with Gasteiger partial charge < -0.3 is 14.4 Å². The minimum atomic E-state index is 0.117. The number of alkyl halides is 1. The molecule has 0 spiro atoms. The molecule has 0 radical (unpaired) electrons. The second-order valence-corrected chi connectivity index (χ2v) is 5.05. The van der Waals surface area contributed by atoms with Gasteiger partial charge in [0.05, 0.1) is 13.2 Å². The summed E-state index contributed by atoms with van der Waals surface area (Å²) in [5, 5.41) is 0.939. The van der Waals surface area contributed by atoms with Crippen LogP contribution in [0.5, 0.6) is 0 Å². The molecule has 1 aliphatic rings. The second-order valence-electron chi connectivity index (χ2n) is 4.26. The summed E-state index contributed by atoms with van der Waals surface area (Å²) in [6.07, 6.45) is 4.53. The van der Waals surface area contributed by atoms with Gasteiger partial charge in [0, 0.05) is 25.0 Å². The lowest BCUT2D eigenvalue weighted by atomic mass is 9.91. The van der Waals surface area contributed by atoms with E-state index >= 15 is 0 Å².